The number of carbonyl (C=O) groups is 1. The van der Waals surface area contributed by atoms with E-state index in [0.717, 1.165) is 34.4 Å². The largest absolute Gasteiger partial charge is 0.322 e. The molecule has 0 radical (unpaired) electrons. The van der Waals surface area contributed by atoms with Gasteiger partial charge in [-0.05, 0) is 49.7 Å². The maximum atomic E-state index is 12.0. The van der Waals surface area contributed by atoms with Crippen LogP contribution in [-0.4, -0.2) is 15.5 Å². The molecule has 116 valence electrons. The Bertz CT molecular complexity index is 860. The molecule has 4 heteroatoms. The minimum atomic E-state index is -0.0623. The summed E-state index contributed by atoms with van der Waals surface area (Å²) in [4.78, 5) is 16.4. The molecule has 1 heterocycles. The maximum absolute atomic E-state index is 12.0. The summed E-state index contributed by atoms with van der Waals surface area (Å²) < 4.78 is 2.03. The van der Waals surface area contributed by atoms with Gasteiger partial charge in [0.2, 0.25) is 0 Å². The number of hydrogen-bond acceptors (Lipinski definition) is 2. The van der Waals surface area contributed by atoms with Crippen LogP contribution in [0.25, 0.3) is 16.7 Å². The predicted octanol–water partition coefficient (Wildman–Crippen LogP) is 4.32. The monoisotopic (exact) mass is 305 g/mol. The number of para-hydroxylation sites is 2. The smallest absolute Gasteiger partial charge is 0.250 e. The molecule has 0 aliphatic rings. The van der Waals surface area contributed by atoms with Crippen molar-refractivity contribution in [2.75, 3.05) is 5.32 Å². The summed E-state index contributed by atoms with van der Waals surface area (Å²) in [5.41, 5.74) is 4.55. The molecule has 0 spiro atoms. The molecule has 0 unspecified atom stereocenters. The third-order valence-corrected chi connectivity index (χ3v) is 3.73. The Balaban J connectivity index is 1.82. The van der Waals surface area contributed by atoms with Crippen LogP contribution in [0, 0.1) is 0 Å². The Morgan fingerprint density at radius 1 is 1.17 bits per heavy atom. The van der Waals surface area contributed by atoms with E-state index in [1.165, 1.54) is 0 Å². The van der Waals surface area contributed by atoms with E-state index in [1.807, 2.05) is 79.3 Å². The summed E-state index contributed by atoms with van der Waals surface area (Å²) >= 11 is 0. The summed E-state index contributed by atoms with van der Waals surface area (Å²) in [5.74, 6) is -0.0623. The number of nitrogens with one attached hydrogen (secondary N) is 1. The number of hydrogen-bond donors (Lipinski definition) is 1. The highest BCUT2D eigenvalue weighted by Crippen LogP contribution is 2.19. The Hall–Kier alpha value is -2.88. The van der Waals surface area contributed by atoms with Crippen molar-refractivity contribution in [1.29, 1.82) is 0 Å². The Kier molecular flexibility index (Phi) is 4.24. The first kappa shape index (κ1) is 15.0. The minimum absolute atomic E-state index is 0.0623. The predicted molar refractivity (Wildman–Crippen MR) is 93.7 cm³/mol. The van der Waals surface area contributed by atoms with E-state index in [-0.39, 0.29) is 5.91 Å². The fraction of sp³-hybridized carbons (Fsp3) is 0.158. The molecule has 0 atom stereocenters. The lowest BCUT2D eigenvalue weighted by Crippen LogP contribution is -2.12. The van der Waals surface area contributed by atoms with Gasteiger partial charge in [0.1, 0.15) is 6.33 Å². The fourth-order valence-electron chi connectivity index (χ4n) is 2.50. The lowest BCUT2D eigenvalue weighted by atomic mass is 10.2. The van der Waals surface area contributed by atoms with Gasteiger partial charge in [0.25, 0.3) is 5.91 Å². The van der Waals surface area contributed by atoms with Crippen LogP contribution >= 0.6 is 0 Å². The second-order valence-electron chi connectivity index (χ2n) is 5.40. The molecule has 1 amide bonds. The van der Waals surface area contributed by atoms with Gasteiger partial charge in [0.15, 0.2) is 0 Å². The van der Waals surface area contributed by atoms with Crippen LogP contribution in [0.1, 0.15) is 20.3 Å². The molecule has 0 aliphatic heterocycles. The van der Waals surface area contributed by atoms with Crippen LogP contribution in [-0.2, 0) is 4.79 Å². The van der Waals surface area contributed by atoms with Crippen molar-refractivity contribution in [1.82, 2.24) is 9.55 Å². The average molecular weight is 305 g/mol. The summed E-state index contributed by atoms with van der Waals surface area (Å²) in [6, 6.07) is 15.8. The number of allylic oxidation sites excluding steroid dienone is 1. The fourth-order valence-corrected chi connectivity index (χ4v) is 2.50. The van der Waals surface area contributed by atoms with Crippen LogP contribution < -0.4 is 5.32 Å². The first-order valence-corrected chi connectivity index (χ1v) is 7.69. The normalized spacial score (nSPS) is 11.7. The van der Waals surface area contributed by atoms with E-state index in [4.69, 9.17) is 0 Å². The van der Waals surface area contributed by atoms with Crippen molar-refractivity contribution in [3.8, 4) is 5.69 Å². The molecule has 0 saturated carbocycles. The average Bonchev–Trinajstić information content (AvgIpc) is 3.00. The zero-order valence-corrected chi connectivity index (χ0v) is 13.3. The number of rotatable bonds is 4. The second-order valence-corrected chi connectivity index (χ2v) is 5.40. The summed E-state index contributed by atoms with van der Waals surface area (Å²) in [5, 5.41) is 2.90. The molecular weight excluding hydrogens is 286 g/mol. The van der Waals surface area contributed by atoms with Crippen LogP contribution in [0.4, 0.5) is 5.69 Å². The van der Waals surface area contributed by atoms with Gasteiger partial charge in [-0.3, -0.25) is 9.36 Å². The Labute approximate surface area is 135 Å². The highest BCUT2D eigenvalue weighted by Gasteiger charge is 2.06. The molecule has 4 nitrogen and oxygen atoms in total. The zero-order chi connectivity index (χ0) is 16.2. The molecule has 0 aliphatic carbocycles. The van der Waals surface area contributed by atoms with E-state index in [2.05, 4.69) is 10.3 Å². The van der Waals surface area contributed by atoms with Crippen molar-refractivity contribution in [3.05, 3.63) is 66.5 Å². The highest BCUT2D eigenvalue weighted by molar-refractivity contribution is 6.03. The van der Waals surface area contributed by atoms with E-state index in [9.17, 15) is 4.79 Å². The van der Waals surface area contributed by atoms with Crippen LogP contribution in [0.2, 0.25) is 0 Å². The SMILES string of the molecule is CC/C=C(/C)C(=O)Nc1ccc(-n2cnc3ccccc32)cc1. The van der Waals surface area contributed by atoms with Crippen molar-refractivity contribution in [3.63, 3.8) is 0 Å². The summed E-state index contributed by atoms with van der Waals surface area (Å²) in [6.07, 6.45) is 4.58. The topological polar surface area (TPSA) is 46.9 Å². The van der Waals surface area contributed by atoms with E-state index in [0.29, 0.717) is 0 Å². The molecular formula is C19H19N3O. The molecule has 3 rings (SSSR count). The number of anilines is 1. The lowest BCUT2D eigenvalue weighted by molar-refractivity contribution is -0.112. The third-order valence-electron chi connectivity index (χ3n) is 3.73. The van der Waals surface area contributed by atoms with E-state index >= 15 is 0 Å². The third kappa shape index (κ3) is 3.16. The maximum Gasteiger partial charge on any atom is 0.250 e. The van der Waals surface area contributed by atoms with Gasteiger partial charge in [-0.1, -0.05) is 25.1 Å². The molecule has 1 N–H and O–H groups in total. The van der Waals surface area contributed by atoms with E-state index in [1.54, 1.807) is 0 Å². The molecule has 0 fully saturated rings. The van der Waals surface area contributed by atoms with E-state index < -0.39 is 0 Å². The second kappa shape index (κ2) is 6.48. The molecule has 23 heavy (non-hydrogen) atoms. The number of nitrogens with zero attached hydrogens (tertiary/aromatic N) is 2. The van der Waals surface area contributed by atoms with Crippen molar-refractivity contribution < 1.29 is 4.79 Å². The number of carbonyl (C=O) groups excluding carboxylic acids is 1. The van der Waals surface area contributed by atoms with Gasteiger partial charge in [-0.15, -0.1) is 0 Å². The van der Waals surface area contributed by atoms with Crippen molar-refractivity contribution in [2.45, 2.75) is 20.3 Å². The van der Waals surface area contributed by atoms with Crippen LogP contribution in [0.15, 0.2) is 66.5 Å². The van der Waals surface area contributed by atoms with Gasteiger partial charge in [-0.25, -0.2) is 4.98 Å². The Morgan fingerprint density at radius 2 is 1.91 bits per heavy atom. The number of fused-ring (bicyclic) bond motifs is 1. The van der Waals surface area contributed by atoms with Crippen molar-refractivity contribution in [2.24, 2.45) is 0 Å². The zero-order valence-electron chi connectivity index (χ0n) is 13.3. The molecule has 2 aromatic carbocycles. The van der Waals surface area contributed by atoms with Gasteiger partial charge >= 0.3 is 0 Å². The van der Waals surface area contributed by atoms with Crippen LogP contribution in [0.5, 0.6) is 0 Å². The molecule has 0 saturated heterocycles. The number of amides is 1. The van der Waals surface area contributed by atoms with Crippen LogP contribution in [0.3, 0.4) is 0 Å². The number of benzene rings is 2. The van der Waals surface area contributed by atoms with Gasteiger partial charge < -0.3 is 5.32 Å². The van der Waals surface area contributed by atoms with Gasteiger partial charge in [0.05, 0.1) is 11.0 Å². The highest BCUT2D eigenvalue weighted by atomic mass is 16.1. The van der Waals surface area contributed by atoms with Crippen molar-refractivity contribution >= 4 is 22.6 Å². The quantitative estimate of drug-likeness (QED) is 0.730. The number of imidazole rings is 1. The molecule has 1 aromatic heterocycles. The Morgan fingerprint density at radius 3 is 2.65 bits per heavy atom. The standard InChI is InChI=1S/C19H19N3O/c1-3-6-14(2)19(23)21-15-9-11-16(12-10-15)22-13-20-17-7-4-5-8-18(17)22/h4-13H,3H2,1-2H3,(H,21,23)/b14-6-. The van der Waals surface area contributed by atoms with Gasteiger partial charge in [0, 0.05) is 16.9 Å². The molecule has 0 bridgehead atoms. The number of aromatic nitrogens is 2. The minimum Gasteiger partial charge on any atom is -0.322 e. The molecule has 3 aromatic rings. The lowest BCUT2D eigenvalue weighted by Gasteiger charge is -2.08. The summed E-state index contributed by atoms with van der Waals surface area (Å²) in [7, 11) is 0. The summed E-state index contributed by atoms with van der Waals surface area (Å²) in [6.45, 7) is 3.84. The first-order valence-electron chi connectivity index (χ1n) is 7.69. The first-order chi connectivity index (χ1) is 11.2. The van der Waals surface area contributed by atoms with Gasteiger partial charge in [-0.2, -0.15) is 0 Å².